The maximum Gasteiger partial charge on any atom is 0.300 e. The Labute approximate surface area is 174 Å². The first-order valence-corrected chi connectivity index (χ1v) is 10.2. The van der Waals surface area contributed by atoms with Gasteiger partial charge < -0.3 is 0 Å². The van der Waals surface area contributed by atoms with Crippen molar-refractivity contribution < 1.29 is 13.9 Å². The standard InChI is InChI=1S/C20H16FN5O3S/c1-10-11(2)30-20(22-10)25(15-6-5-13(21)9-14(15)12-3-4-12)16-7-8-17(26(27)28)19-18(16)23-29-24-19/h5-9,12H,3-4H2,1-2H3. The van der Waals surface area contributed by atoms with Crippen LogP contribution in [0.4, 0.5) is 26.6 Å². The van der Waals surface area contributed by atoms with Crippen LogP contribution in [-0.2, 0) is 0 Å². The third kappa shape index (κ3) is 3.00. The average Bonchev–Trinajstić information content (AvgIpc) is 3.35. The SMILES string of the molecule is Cc1nc(N(c2ccc(F)cc2C2CC2)c2ccc([N+](=O)[O-])c3nonc23)sc1C. The number of anilines is 3. The highest BCUT2D eigenvalue weighted by Gasteiger charge is 2.32. The van der Waals surface area contributed by atoms with E-state index in [0.717, 1.165) is 34.7 Å². The van der Waals surface area contributed by atoms with Crippen LogP contribution in [0.5, 0.6) is 0 Å². The second kappa shape index (κ2) is 6.84. The Morgan fingerprint density at radius 1 is 1.17 bits per heavy atom. The Kier molecular flexibility index (Phi) is 4.24. The minimum absolute atomic E-state index is 0.0579. The van der Waals surface area contributed by atoms with Crippen molar-refractivity contribution in [2.24, 2.45) is 0 Å². The van der Waals surface area contributed by atoms with Gasteiger partial charge in [-0.3, -0.25) is 15.0 Å². The van der Waals surface area contributed by atoms with Crippen LogP contribution in [0.3, 0.4) is 0 Å². The molecule has 8 nitrogen and oxygen atoms in total. The van der Waals surface area contributed by atoms with Crippen LogP contribution in [0, 0.1) is 29.8 Å². The maximum absolute atomic E-state index is 14.1. The number of nitro groups is 1. The van der Waals surface area contributed by atoms with E-state index in [0.29, 0.717) is 10.8 Å². The fourth-order valence-electron chi connectivity index (χ4n) is 3.51. The third-order valence-electron chi connectivity index (χ3n) is 5.27. The first kappa shape index (κ1) is 18.6. The Bertz CT molecular complexity index is 1280. The van der Waals surface area contributed by atoms with Gasteiger partial charge >= 0.3 is 5.69 Å². The molecule has 0 amide bonds. The lowest BCUT2D eigenvalue weighted by Crippen LogP contribution is -2.13. The van der Waals surface area contributed by atoms with Gasteiger partial charge in [-0.1, -0.05) is 0 Å². The fraction of sp³-hybridized carbons (Fsp3) is 0.250. The lowest BCUT2D eigenvalue weighted by molar-refractivity contribution is -0.383. The molecule has 0 radical (unpaired) electrons. The van der Waals surface area contributed by atoms with Gasteiger partial charge in [0.2, 0.25) is 5.52 Å². The van der Waals surface area contributed by atoms with Crippen LogP contribution in [0.25, 0.3) is 11.0 Å². The largest absolute Gasteiger partial charge is 0.300 e. The van der Waals surface area contributed by atoms with E-state index in [9.17, 15) is 14.5 Å². The van der Waals surface area contributed by atoms with Gasteiger partial charge in [0.05, 0.1) is 22.0 Å². The van der Waals surface area contributed by atoms with E-state index in [1.54, 1.807) is 18.2 Å². The first-order chi connectivity index (χ1) is 14.4. The smallest absolute Gasteiger partial charge is 0.284 e. The number of nitrogens with zero attached hydrogens (tertiary/aromatic N) is 5. The molecule has 4 aromatic rings. The average molecular weight is 425 g/mol. The molecule has 0 unspecified atom stereocenters. The monoisotopic (exact) mass is 425 g/mol. The van der Waals surface area contributed by atoms with Gasteiger partial charge in [-0.2, -0.15) is 0 Å². The van der Waals surface area contributed by atoms with Crippen LogP contribution < -0.4 is 4.90 Å². The summed E-state index contributed by atoms with van der Waals surface area (Å²) in [5.41, 5.74) is 3.19. The van der Waals surface area contributed by atoms with Crippen molar-refractivity contribution in [3.8, 4) is 0 Å². The number of thiazole rings is 1. The normalized spacial score (nSPS) is 13.7. The van der Waals surface area contributed by atoms with E-state index in [4.69, 9.17) is 9.61 Å². The predicted molar refractivity (Wildman–Crippen MR) is 110 cm³/mol. The Morgan fingerprint density at radius 3 is 2.57 bits per heavy atom. The second-order valence-corrected chi connectivity index (χ2v) is 8.45. The quantitative estimate of drug-likeness (QED) is 0.299. The zero-order valence-corrected chi connectivity index (χ0v) is 16.9. The zero-order valence-electron chi connectivity index (χ0n) is 16.1. The van der Waals surface area contributed by atoms with Crippen LogP contribution in [0.1, 0.15) is 34.9 Å². The third-order valence-corrected chi connectivity index (χ3v) is 6.32. The van der Waals surface area contributed by atoms with Crippen LogP contribution in [-0.4, -0.2) is 20.2 Å². The van der Waals surface area contributed by atoms with Crippen LogP contribution in [0.2, 0.25) is 0 Å². The number of hydrogen-bond donors (Lipinski definition) is 0. The number of nitro benzene ring substituents is 1. The molecule has 1 saturated carbocycles. The molecule has 0 atom stereocenters. The molecule has 0 N–H and O–H groups in total. The van der Waals surface area contributed by atoms with Crippen molar-refractivity contribution in [3.63, 3.8) is 0 Å². The molecule has 1 fully saturated rings. The minimum Gasteiger partial charge on any atom is -0.284 e. The fourth-order valence-corrected chi connectivity index (χ4v) is 4.44. The highest BCUT2D eigenvalue weighted by molar-refractivity contribution is 7.15. The highest BCUT2D eigenvalue weighted by Crippen LogP contribution is 2.49. The lowest BCUT2D eigenvalue weighted by atomic mass is 10.1. The first-order valence-electron chi connectivity index (χ1n) is 9.37. The summed E-state index contributed by atoms with van der Waals surface area (Å²) in [5, 5.41) is 19.8. The van der Waals surface area contributed by atoms with Gasteiger partial charge in [0.15, 0.2) is 10.6 Å². The molecule has 30 heavy (non-hydrogen) atoms. The molecule has 152 valence electrons. The van der Waals surface area contributed by atoms with Gasteiger partial charge in [0.1, 0.15) is 5.82 Å². The number of non-ortho nitro benzene ring substituents is 1. The van der Waals surface area contributed by atoms with Crippen LogP contribution in [0.15, 0.2) is 35.0 Å². The number of halogens is 1. The van der Waals surface area contributed by atoms with E-state index >= 15 is 0 Å². The number of fused-ring (bicyclic) bond motifs is 1. The van der Waals surface area contributed by atoms with Crippen molar-refractivity contribution in [3.05, 3.63) is 62.4 Å². The van der Waals surface area contributed by atoms with Gasteiger partial charge in [-0.05, 0) is 72.7 Å². The Balaban J connectivity index is 1.79. The molecule has 0 saturated heterocycles. The van der Waals surface area contributed by atoms with Crippen molar-refractivity contribution in [1.82, 2.24) is 15.3 Å². The number of aryl methyl sites for hydroxylation is 2. The van der Waals surface area contributed by atoms with Crippen molar-refractivity contribution in [2.45, 2.75) is 32.6 Å². The van der Waals surface area contributed by atoms with Gasteiger partial charge in [0.25, 0.3) is 0 Å². The summed E-state index contributed by atoms with van der Waals surface area (Å²) in [6.07, 6.45) is 1.98. The summed E-state index contributed by atoms with van der Waals surface area (Å²) in [4.78, 5) is 18.5. The molecular weight excluding hydrogens is 409 g/mol. The number of benzene rings is 2. The molecular formula is C20H16FN5O3S. The van der Waals surface area contributed by atoms with E-state index in [1.165, 1.54) is 23.5 Å². The van der Waals surface area contributed by atoms with Crippen molar-refractivity contribution in [1.29, 1.82) is 0 Å². The molecule has 0 aliphatic heterocycles. The zero-order chi connectivity index (χ0) is 21.0. The van der Waals surface area contributed by atoms with E-state index in [-0.39, 0.29) is 28.5 Å². The van der Waals surface area contributed by atoms with Gasteiger partial charge in [-0.15, -0.1) is 11.3 Å². The molecule has 1 aliphatic carbocycles. The molecule has 2 heterocycles. The number of aromatic nitrogens is 3. The summed E-state index contributed by atoms with van der Waals surface area (Å²) >= 11 is 1.49. The maximum atomic E-state index is 14.1. The molecule has 1 aliphatic rings. The van der Waals surface area contributed by atoms with Crippen molar-refractivity contribution in [2.75, 3.05) is 4.90 Å². The lowest BCUT2D eigenvalue weighted by Gasteiger charge is -2.25. The summed E-state index contributed by atoms with van der Waals surface area (Å²) in [7, 11) is 0. The molecule has 10 heteroatoms. The molecule has 0 bridgehead atoms. The predicted octanol–water partition coefficient (Wildman–Crippen LogP) is 5.69. The van der Waals surface area contributed by atoms with Crippen molar-refractivity contribution >= 4 is 44.6 Å². The van der Waals surface area contributed by atoms with Gasteiger partial charge in [-0.25, -0.2) is 14.0 Å². The number of hydrogen-bond acceptors (Lipinski definition) is 8. The van der Waals surface area contributed by atoms with Crippen LogP contribution >= 0.6 is 11.3 Å². The van der Waals surface area contributed by atoms with Gasteiger partial charge in [0, 0.05) is 10.9 Å². The topological polar surface area (TPSA) is 98.2 Å². The molecule has 5 rings (SSSR count). The summed E-state index contributed by atoms with van der Waals surface area (Å²) in [5.74, 6) is -0.0339. The molecule has 2 aromatic carbocycles. The summed E-state index contributed by atoms with van der Waals surface area (Å²) in [6, 6.07) is 7.66. The highest BCUT2D eigenvalue weighted by atomic mass is 32.1. The summed E-state index contributed by atoms with van der Waals surface area (Å²) < 4.78 is 18.9. The number of rotatable bonds is 5. The second-order valence-electron chi connectivity index (χ2n) is 7.27. The summed E-state index contributed by atoms with van der Waals surface area (Å²) in [6.45, 7) is 3.90. The van der Waals surface area contributed by atoms with E-state index in [2.05, 4.69) is 10.3 Å². The minimum atomic E-state index is -0.522. The van der Waals surface area contributed by atoms with E-state index in [1.807, 2.05) is 18.7 Å². The Hall–Kier alpha value is -3.40. The molecule has 0 spiro atoms. The molecule has 2 aromatic heterocycles. The Morgan fingerprint density at radius 2 is 1.90 bits per heavy atom. The van der Waals surface area contributed by atoms with E-state index < -0.39 is 4.92 Å².